The summed E-state index contributed by atoms with van der Waals surface area (Å²) in [5.41, 5.74) is -1.07. The van der Waals surface area contributed by atoms with Gasteiger partial charge in [0, 0.05) is 5.02 Å². The highest BCUT2D eigenvalue weighted by Crippen LogP contribution is 2.25. The van der Waals surface area contributed by atoms with Gasteiger partial charge in [0.05, 0.1) is 10.4 Å². The van der Waals surface area contributed by atoms with Gasteiger partial charge in [-0.3, -0.25) is 0 Å². The first kappa shape index (κ1) is 14.8. The number of hydrogen-bond acceptors (Lipinski definition) is 3. The SMILES string of the molecule is CC(C)(C)N(C(=O)O)S(=O)(=O)c1ccc(Cl)cc1. The van der Waals surface area contributed by atoms with Crippen LogP contribution >= 0.6 is 11.6 Å². The molecule has 0 saturated carbocycles. The van der Waals surface area contributed by atoms with Crippen LogP contribution in [0.3, 0.4) is 0 Å². The van der Waals surface area contributed by atoms with Gasteiger partial charge in [-0.1, -0.05) is 11.6 Å². The first-order valence-electron chi connectivity index (χ1n) is 5.11. The lowest BCUT2D eigenvalue weighted by Gasteiger charge is -2.31. The molecule has 0 heterocycles. The van der Waals surface area contributed by atoms with Crippen molar-refractivity contribution in [2.75, 3.05) is 0 Å². The van der Waals surface area contributed by atoms with E-state index in [9.17, 15) is 13.2 Å². The fraction of sp³-hybridized carbons (Fsp3) is 0.364. The molecule has 0 aliphatic rings. The zero-order valence-electron chi connectivity index (χ0n) is 10.2. The van der Waals surface area contributed by atoms with Crippen LogP contribution in [0, 0.1) is 0 Å². The number of sulfonamides is 1. The highest BCUT2D eigenvalue weighted by molar-refractivity contribution is 7.89. The van der Waals surface area contributed by atoms with Gasteiger partial charge in [-0.05, 0) is 45.0 Å². The lowest BCUT2D eigenvalue weighted by atomic mass is 10.1. The Kier molecular flexibility index (Phi) is 3.92. The van der Waals surface area contributed by atoms with Crippen LogP contribution in [0.15, 0.2) is 29.2 Å². The minimum atomic E-state index is -4.10. The van der Waals surface area contributed by atoms with Crippen LogP contribution in [0.4, 0.5) is 4.79 Å². The molecular weight excluding hydrogens is 278 g/mol. The highest BCUT2D eigenvalue weighted by atomic mass is 35.5. The topological polar surface area (TPSA) is 74.7 Å². The van der Waals surface area contributed by atoms with Crippen molar-refractivity contribution in [3.8, 4) is 0 Å². The van der Waals surface area contributed by atoms with Crippen molar-refractivity contribution in [3.63, 3.8) is 0 Å². The van der Waals surface area contributed by atoms with Gasteiger partial charge in [0.15, 0.2) is 0 Å². The number of hydrogen-bond donors (Lipinski definition) is 1. The lowest BCUT2D eigenvalue weighted by Crippen LogP contribution is -2.48. The molecule has 5 nitrogen and oxygen atoms in total. The van der Waals surface area contributed by atoms with Crippen LogP contribution in [-0.2, 0) is 10.0 Å². The fourth-order valence-electron chi connectivity index (χ4n) is 1.46. The summed E-state index contributed by atoms with van der Waals surface area (Å²) in [6, 6.07) is 5.35. The number of nitrogens with zero attached hydrogens (tertiary/aromatic N) is 1. The Morgan fingerprint density at radius 1 is 1.22 bits per heavy atom. The molecule has 0 aliphatic carbocycles. The van der Waals surface area contributed by atoms with Crippen LogP contribution in [0.5, 0.6) is 0 Å². The number of rotatable bonds is 2. The second-order valence-corrected chi connectivity index (χ2v) is 6.90. The molecule has 0 aliphatic heterocycles. The van der Waals surface area contributed by atoms with E-state index in [0.717, 1.165) is 0 Å². The summed E-state index contributed by atoms with van der Waals surface area (Å²) in [6.45, 7) is 4.53. The van der Waals surface area contributed by atoms with E-state index >= 15 is 0 Å². The maximum atomic E-state index is 12.2. The molecule has 0 aromatic heterocycles. The molecule has 100 valence electrons. The minimum absolute atomic E-state index is 0.107. The standard InChI is InChI=1S/C11H14ClNO4S/c1-11(2,3)13(10(14)15)18(16,17)9-6-4-8(12)5-7-9/h4-7H,1-3H3,(H,14,15). The van der Waals surface area contributed by atoms with E-state index in [4.69, 9.17) is 16.7 Å². The quantitative estimate of drug-likeness (QED) is 0.909. The van der Waals surface area contributed by atoms with Crippen molar-refractivity contribution < 1.29 is 18.3 Å². The van der Waals surface area contributed by atoms with E-state index in [-0.39, 0.29) is 4.90 Å². The molecule has 1 rings (SSSR count). The van der Waals surface area contributed by atoms with E-state index in [1.54, 1.807) is 0 Å². The van der Waals surface area contributed by atoms with Crippen LogP contribution in [0.1, 0.15) is 20.8 Å². The molecule has 0 bridgehead atoms. The average molecular weight is 292 g/mol. The molecule has 0 atom stereocenters. The molecule has 1 aromatic carbocycles. The molecule has 7 heteroatoms. The Bertz CT molecular complexity index is 545. The van der Waals surface area contributed by atoms with Crippen molar-refractivity contribution >= 4 is 27.7 Å². The summed E-state index contributed by atoms with van der Waals surface area (Å²) in [7, 11) is -4.10. The van der Waals surface area contributed by atoms with Gasteiger partial charge in [-0.25, -0.2) is 13.2 Å². The predicted octanol–water partition coefficient (Wildman–Crippen LogP) is 2.81. The van der Waals surface area contributed by atoms with Gasteiger partial charge in [0.25, 0.3) is 10.0 Å². The number of carboxylic acid groups (broad SMARTS) is 1. The summed E-state index contributed by atoms with van der Waals surface area (Å²) in [4.78, 5) is 11.0. The number of benzene rings is 1. The van der Waals surface area contributed by atoms with Crippen molar-refractivity contribution in [3.05, 3.63) is 29.3 Å². The summed E-state index contributed by atoms with van der Waals surface area (Å²) >= 11 is 5.67. The van der Waals surface area contributed by atoms with Crippen LogP contribution < -0.4 is 0 Å². The number of amides is 1. The van der Waals surface area contributed by atoms with E-state index in [0.29, 0.717) is 9.33 Å². The smallest absolute Gasteiger partial charge is 0.421 e. The fourth-order valence-corrected chi connectivity index (χ4v) is 3.21. The number of carbonyl (C=O) groups is 1. The molecule has 0 unspecified atom stereocenters. The molecule has 0 spiro atoms. The number of halogens is 1. The van der Waals surface area contributed by atoms with E-state index in [1.165, 1.54) is 45.0 Å². The third kappa shape index (κ3) is 2.94. The molecule has 0 saturated heterocycles. The normalized spacial score (nSPS) is 12.2. The summed E-state index contributed by atoms with van der Waals surface area (Å²) in [6.07, 6.45) is -1.52. The molecule has 1 N–H and O–H groups in total. The minimum Gasteiger partial charge on any atom is -0.464 e. The maximum Gasteiger partial charge on any atom is 0.421 e. The third-order valence-electron chi connectivity index (χ3n) is 2.13. The Morgan fingerprint density at radius 3 is 2.00 bits per heavy atom. The largest absolute Gasteiger partial charge is 0.464 e. The Labute approximate surface area is 111 Å². The van der Waals surface area contributed by atoms with E-state index < -0.39 is 21.7 Å². The first-order chi connectivity index (χ1) is 8.06. The van der Waals surface area contributed by atoms with E-state index in [2.05, 4.69) is 0 Å². The van der Waals surface area contributed by atoms with Crippen molar-refractivity contribution in [2.45, 2.75) is 31.2 Å². The Morgan fingerprint density at radius 2 is 1.67 bits per heavy atom. The molecule has 1 aromatic rings. The summed E-state index contributed by atoms with van der Waals surface area (Å²) in [5.74, 6) is 0. The Hall–Kier alpha value is -1.27. The first-order valence-corrected chi connectivity index (χ1v) is 6.92. The third-order valence-corrected chi connectivity index (χ3v) is 4.44. The second-order valence-electron chi connectivity index (χ2n) is 4.68. The average Bonchev–Trinajstić information content (AvgIpc) is 2.14. The van der Waals surface area contributed by atoms with Crippen molar-refractivity contribution in [1.82, 2.24) is 4.31 Å². The molecule has 0 fully saturated rings. The van der Waals surface area contributed by atoms with Crippen LogP contribution in [0.25, 0.3) is 0 Å². The van der Waals surface area contributed by atoms with Crippen LogP contribution in [-0.4, -0.2) is 29.5 Å². The zero-order valence-corrected chi connectivity index (χ0v) is 11.8. The van der Waals surface area contributed by atoms with E-state index in [1.807, 2.05) is 0 Å². The molecule has 18 heavy (non-hydrogen) atoms. The second kappa shape index (κ2) is 4.78. The van der Waals surface area contributed by atoms with Crippen LogP contribution in [0.2, 0.25) is 5.02 Å². The monoisotopic (exact) mass is 291 g/mol. The molecule has 1 amide bonds. The van der Waals surface area contributed by atoms with Gasteiger partial charge in [0.2, 0.25) is 0 Å². The lowest BCUT2D eigenvalue weighted by molar-refractivity contribution is 0.146. The molecule has 0 radical (unpaired) electrons. The highest BCUT2D eigenvalue weighted by Gasteiger charge is 2.38. The van der Waals surface area contributed by atoms with Gasteiger partial charge >= 0.3 is 6.09 Å². The molecular formula is C11H14ClNO4S. The zero-order chi connectivity index (χ0) is 14.1. The summed E-state index contributed by atoms with van der Waals surface area (Å²) < 4.78 is 24.9. The Balaban J connectivity index is 3.35. The maximum absolute atomic E-state index is 12.2. The van der Waals surface area contributed by atoms with Gasteiger partial charge in [-0.2, -0.15) is 4.31 Å². The van der Waals surface area contributed by atoms with Crippen molar-refractivity contribution in [2.24, 2.45) is 0 Å². The van der Waals surface area contributed by atoms with Crippen molar-refractivity contribution in [1.29, 1.82) is 0 Å². The predicted molar refractivity (Wildman–Crippen MR) is 68.3 cm³/mol. The van der Waals surface area contributed by atoms with Gasteiger partial charge in [0.1, 0.15) is 0 Å². The van der Waals surface area contributed by atoms with Gasteiger partial charge < -0.3 is 5.11 Å². The van der Waals surface area contributed by atoms with Gasteiger partial charge in [-0.15, -0.1) is 0 Å². The summed E-state index contributed by atoms with van der Waals surface area (Å²) in [5, 5.41) is 9.46.